The molecule has 0 aliphatic carbocycles. The molecule has 0 spiro atoms. The molecule has 1 aliphatic rings. The zero-order valence-corrected chi connectivity index (χ0v) is 9.44. The van der Waals surface area contributed by atoms with Crippen molar-refractivity contribution in [3.05, 3.63) is 0 Å². The van der Waals surface area contributed by atoms with E-state index in [1.54, 1.807) is 0 Å². The van der Waals surface area contributed by atoms with E-state index in [1.165, 1.54) is 0 Å². The van der Waals surface area contributed by atoms with Gasteiger partial charge in [-0.1, -0.05) is 0 Å². The van der Waals surface area contributed by atoms with Crippen LogP contribution >= 0.6 is 0 Å². The molecule has 1 saturated heterocycles. The average Bonchev–Trinajstić information content (AvgIpc) is 2.48. The highest BCUT2D eigenvalue weighted by molar-refractivity contribution is 5.85. The van der Waals surface area contributed by atoms with E-state index in [2.05, 4.69) is 10.8 Å². The molecule has 0 bridgehead atoms. The first-order chi connectivity index (χ1) is 6.33. The molecule has 1 unspecified atom stereocenters. The molecule has 1 aliphatic heterocycles. The van der Waals surface area contributed by atoms with Crippen molar-refractivity contribution in [3.8, 4) is 0 Å². The summed E-state index contributed by atoms with van der Waals surface area (Å²) < 4.78 is 0. The average molecular weight is 200 g/mol. The summed E-state index contributed by atoms with van der Waals surface area (Å²) in [5.41, 5.74) is 1.71. The normalized spacial score (nSPS) is 27.7. The number of hydrogen-bond donors (Lipinski definition) is 2. The summed E-state index contributed by atoms with van der Waals surface area (Å²) in [4.78, 5) is 16.9. The van der Waals surface area contributed by atoms with Crippen LogP contribution in [0, 0.1) is 0 Å². The fourth-order valence-electron chi connectivity index (χ4n) is 1.40. The zero-order chi connectivity index (χ0) is 10.8. The van der Waals surface area contributed by atoms with Gasteiger partial charge in [-0.3, -0.25) is 9.63 Å². The van der Waals surface area contributed by atoms with Crippen LogP contribution < -0.4 is 10.8 Å². The Morgan fingerprint density at radius 1 is 1.50 bits per heavy atom. The molecule has 1 heterocycles. The lowest BCUT2D eigenvalue weighted by molar-refractivity contribution is -0.151. The fraction of sp³-hybridized carbons (Fsp3) is 0.900. The second kappa shape index (κ2) is 3.87. The Hall–Kier alpha value is -0.610. The molecular formula is C10H20N2O2. The van der Waals surface area contributed by atoms with E-state index in [0.717, 1.165) is 19.4 Å². The van der Waals surface area contributed by atoms with E-state index in [-0.39, 0.29) is 11.5 Å². The van der Waals surface area contributed by atoms with Gasteiger partial charge in [0, 0.05) is 0 Å². The van der Waals surface area contributed by atoms with Gasteiger partial charge in [0.15, 0.2) is 0 Å². The topological polar surface area (TPSA) is 50.4 Å². The number of carbonyl (C=O) groups is 1. The predicted octanol–water partition coefficient (Wildman–Crippen LogP) is 0.975. The maximum atomic E-state index is 11.7. The van der Waals surface area contributed by atoms with E-state index in [1.807, 2.05) is 27.7 Å². The molecule has 0 saturated carbocycles. The number of hydroxylamine groups is 1. The first kappa shape index (κ1) is 11.5. The number of carbonyl (C=O) groups excluding carboxylic acids is 1. The Labute approximate surface area is 85.3 Å². The van der Waals surface area contributed by atoms with Crippen molar-refractivity contribution in [1.29, 1.82) is 0 Å². The lowest BCUT2D eigenvalue weighted by atomic mass is 10.00. The highest BCUT2D eigenvalue weighted by Crippen LogP contribution is 2.18. The van der Waals surface area contributed by atoms with Gasteiger partial charge in [-0.15, -0.1) is 0 Å². The highest BCUT2D eigenvalue weighted by Gasteiger charge is 2.36. The second-order valence-corrected chi connectivity index (χ2v) is 5.01. The molecule has 0 aromatic carbocycles. The minimum absolute atomic E-state index is 0.0788. The van der Waals surface area contributed by atoms with E-state index >= 15 is 0 Å². The SMILES string of the molecule is CC(C)(C)ONC(=O)C1(C)CCCN1. The van der Waals surface area contributed by atoms with Crippen LogP contribution in [0.25, 0.3) is 0 Å². The third-order valence-electron chi connectivity index (χ3n) is 2.32. The minimum atomic E-state index is -0.453. The van der Waals surface area contributed by atoms with Gasteiger partial charge in [0.05, 0.1) is 11.1 Å². The number of hydrogen-bond acceptors (Lipinski definition) is 3. The van der Waals surface area contributed by atoms with Crippen molar-refractivity contribution in [1.82, 2.24) is 10.8 Å². The monoisotopic (exact) mass is 200 g/mol. The highest BCUT2D eigenvalue weighted by atomic mass is 16.7. The van der Waals surface area contributed by atoms with Crippen LogP contribution in [0.1, 0.15) is 40.5 Å². The first-order valence-corrected chi connectivity index (χ1v) is 5.07. The number of amides is 1. The van der Waals surface area contributed by atoms with Crippen molar-refractivity contribution in [2.75, 3.05) is 6.54 Å². The Bertz CT molecular complexity index is 215. The largest absolute Gasteiger partial charge is 0.303 e. The molecule has 0 radical (unpaired) electrons. The van der Waals surface area contributed by atoms with Crippen LogP contribution in [0.5, 0.6) is 0 Å². The van der Waals surface area contributed by atoms with Crippen molar-refractivity contribution >= 4 is 5.91 Å². The Morgan fingerprint density at radius 2 is 2.14 bits per heavy atom. The number of rotatable bonds is 2. The summed E-state index contributed by atoms with van der Waals surface area (Å²) in [7, 11) is 0. The van der Waals surface area contributed by atoms with Crippen molar-refractivity contribution < 1.29 is 9.63 Å². The van der Waals surface area contributed by atoms with Crippen LogP contribution in [-0.2, 0) is 9.63 Å². The second-order valence-electron chi connectivity index (χ2n) is 5.01. The van der Waals surface area contributed by atoms with Crippen LogP contribution in [0.3, 0.4) is 0 Å². The van der Waals surface area contributed by atoms with E-state index in [0.29, 0.717) is 0 Å². The van der Waals surface area contributed by atoms with E-state index in [4.69, 9.17) is 4.84 Å². The van der Waals surface area contributed by atoms with Crippen LogP contribution in [0.2, 0.25) is 0 Å². The van der Waals surface area contributed by atoms with Crippen molar-refractivity contribution in [2.24, 2.45) is 0 Å². The van der Waals surface area contributed by atoms with Gasteiger partial charge >= 0.3 is 0 Å². The van der Waals surface area contributed by atoms with Crippen LogP contribution in [0.15, 0.2) is 0 Å². The molecular weight excluding hydrogens is 180 g/mol. The third kappa shape index (κ3) is 2.96. The van der Waals surface area contributed by atoms with Gasteiger partial charge in [0.25, 0.3) is 5.91 Å². The molecule has 1 rings (SSSR count). The smallest absolute Gasteiger partial charge is 0.263 e. The summed E-state index contributed by atoms with van der Waals surface area (Å²) >= 11 is 0. The van der Waals surface area contributed by atoms with Gasteiger partial charge in [0.2, 0.25) is 0 Å². The molecule has 14 heavy (non-hydrogen) atoms. The summed E-state index contributed by atoms with van der Waals surface area (Å²) in [5.74, 6) is -0.0788. The standard InChI is InChI=1S/C10H20N2O2/c1-9(2,3)14-12-8(13)10(4)6-5-7-11-10/h11H,5-7H2,1-4H3,(H,12,13). The van der Waals surface area contributed by atoms with Gasteiger partial charge in [-0.2, -0.15) is 0 Å². The van der Waals surface area contributed by atoms with E-state index in [9.17, 15) is 4.79 Å². The maximum absolute atomic E-state index is 11.7. The summed E-state index contributed by atoms with van der Waals surface area (Å²) in [6, 6.07) is 0. The Balaban J connectivity index is 2.42. The third-order valence-corrected chi connectivity index (χ3v) is 2.32. The quantitative estimate of drug-likeness (QED) is 0.653. The maximum Gasteiger partial charge on any atom is 0.263 e. The molecule has 1 fully saturated rings. The number of nitrogens with one attached hydrogen (secondary N) is 2. The first-order valence-electron chi connectivity index (χ1n) is 5.07. The van der Waals surface area contributed by atoms with Crippen molar-refractivity contribution in [3.63, 3.8) is 0 Å². The molecule has 4 nitrogen and oxygen atoms in total. The fourth-order valence-corrected chi connectivity index (χ4v) is 1.40. The lowest BCUT2D eigenvalue weighted by Crippen LogP contribution is -2.52. The minimum Gasteiger partial charge on any atom is -0.303 e. The van der Waals surface area contributed by atoms with Gasteiger partial charge in [-0.25, -0.2) is 5.48 Å². The molecule has 0 aromatic heterocycles. The van der Waals surface area contributed by atoms with Gasteiger partial charge in [0.1, 0.15) is 0 Å². The zero-order valence-electron chi connectivity index (χ0n) is 9.44. The lowest BCUT2D eigenvalue weighted by Gasteiger charge is -2.26. The molecule has 0 aromatic rings. The molecule has 1 amide bonds. The predicted molar refractivity (Wildman–Crippen MR) is 54.6 cm³/mol. The Morgan fingerprint density at radius 3 is 2.57 bits per heavy atom. The van der Waals surface area contributed by atoms with Crippen LogP contribution in [0.4, 0.5) is 0 Å². The molecule has 4 heteroatoms. The summed E-state index contributed by atoms with van der Waals surface area (Å²) in [5, 5.41) is 3.18. The Kier molecular flexibility index (Phi) is 3.17. The molecule has 2 N–H and O–H groups in total. The van der Waals surface area contributed by atoms with Gasteiger partial charge < -0.3 is 5.32 Å². The van der Waals surface area contributed by atoms with Crippen LogP contribution in [-0.4, -0.2) is 23.6 Å². The molecule has 82 valence electrons. The van der Waals surface area contributed by atoms with E-state index < -0.39 is 5.54 Å². The van der Waals surface area contributed by atoms with Gasteiger partial charge in [-0.05, 0) is 47.1 Å². The summed E-state index contributed by atoms with van der Waals surface area (Å²) in [6.07, 6.45) is 1.91. The summed E-state index contributed by atoms with van der Waals surface area (Å²) in [6.45, 7) is 8.51. The van der Waals surface area contributed by atoms with Crippen molar-refractivity contribution in [2.45, 2.75) is 51.7 Å². The molecule has 1 atom stereocenters.